The summed E-state index contributed by atoms with van der Waals surface area (Å²) in [6, 6.07) is 9.58. The van der Waals surface area contributed by atoms with Crippen molar-refractivity contribution in [1.82, 2.24) is 5.32 Å². The van der Waals surface area contributed by atoms with Crippen LogP contribution in [0.4, 0.5) is 10.5 Å². The second kappa shape index (κ2) is 8.29. The normalized spacial score (nSPS) is 10.3. The quantitative estimate of drug-likeness (QED) is 0.678. The van der Waals surface area contributed by atoms with Crippen LogP contribution in [0.15, 0.2) is 36.4 Å². The minimum Gasteiger partial charge on any atom is -0.454 e. The molecular weight excluding hydrogens is 359 g/mol. The third-order valence-electron chi connectivity index (χ3n) is 2.84. The largest absolute Gasteiger partial charge is 0.454 e. The molecule has 2 amide bonds. The van der Waals surface area contributed by atoms with E-state index in [1.165, 1.54) is 0 Å². The fourth-order valence-electron chi connectivity index (χ4n) is 1.75. The number of benzene rings is 2. The molecule has 0 bridgehead atoms. The number of urea groups is 1. The predicted molar refractivity (Wildman–Crippen MR) is 95.3 cm³/mol. The smallest absolute Gasteiger partial charge is 0.319 e. The van der Waals surface area contributed by atoms with Gasteiger partial charge in [0.15, 0.2) is 0 Å². The van der Waals surface area contributed by atoms with Gasteiger partial charge >= 0.3 is 6.03 Å². The monoisotopic (exact) mass is 372 g/mol. The van der Waals surface area contributed by atoms with E-state index in [0.717, 1.165) is 6.42 Å². The summed E-state index contributed by atoms with van der Waals surface area (Å²) in [5.74, 6) is 0.870. The Labute approximate surface area is 149 Å². The molecule has 4 nitrogen and oxygen atoms in total. The first-order chi connectivity index (χ1) is 11.0. The SMILES string of the molecule is CCCNC(=O)Nc1ccc(Oc2ccc(Cl)cc2Cl)c(Cl)c1. The molecule has 122 valence electrons. The molecule has 0 unspecified atom stereocenters. The molecular formula is C16H15Cl3N2O2. The zero-order chi connectivity index (χ0) is 16.8. The summed E-state index contributed by atoms with van der Waals surface area (Å²) in [6.45, 7) is 2.58. The van der Waals surface area contributed by atoms with Gasteiger partial charge in [0, 0.05) is 17.3 Å². The van der Waals surface area contributed by atoms with Crippen LogP contribution in [0.3, 0.4) is 0 Å². The summed E-state index contributed by atoms with van der Waals surface area (Å²) in [6.07, 6.45) is 0.864. The maximum absolute atomic E-state index is 11.6. The van der Waals surface area contributed by atoms with Crippen LogP contribution in [0.2, 0.25) is 15.1 Å². The van der Waals surface area contributed by atoms with Gasteiger partial charge in [0.1, 0.15) is 11.5 Å². The molecule has 0 spiro atoms. The Hall–Kier alpha value is -1.62. The van der Waals surface area contributed by atoms with Gasteiger partial charge in [-0.15, -0.1) is 0 Å². The first-order valence-corrected chi connectivity index (χ1v) is 8.10. The van der Waals surface area contributed by atoms with E-state index in [0.29, 0.717) is 38.8 Å². The Balaban J connectivity index is 2.08. The van der Waals surface area contributed by atoms with Crippen molar-refractivity contribution in [2.75, 3.05) is 11.9 Å². The Morgan fingerprint density at radius 1 is 1.04 bits per heavy atom. The molecule has 0 aliphatic carbocycles. The van der Waals surface area contributed by atoms with Crippen molar-refractivity contribution < 1.29 is 9.53 Å². The molecule has 23 heavy (non-hydrogen) atoms. The minimum absolute atomic E-state index is 0.280. The van der Waals surface area contributed by atoms with Crippen molar-refractivity contribution in [2.24, 2.45) is 0 Å². The number of amides is 2. The molecule has 0 fully saturated rings. The van der Waals surface area contributed by atoms with E-state index in [4.69, 9.17) is 39.5 Å². The number of hydrogen-bond acceptors (Lipinski definition) is 2. The van der Waals surface area contributed by atoms with E-state index in [9.17, 15) is 4.79 Å². The Morgan fingerprint density at radius 2 is 1.70 bits per heavy atom. The molecule has 0 radical (unpaired) electrons. The summed E-state index contributed by atoms with van der Waals surface area (Å²) in [5, 5.41) is 6.66. The van der Waals surface area contributed by atoms with Gasteiger partial charge in [-0.05, 0) is 42.8 Å². The van der Waals surface area contributed by atoms with E-state index in [1.807, 2.05) is 6.92 Å². The molecule has 0 heterocycles. The van der Waals surface area contributed by atoms with E-state index in [1.54, 1.807) is 36.4 Å². The number of carbonyl (C=O) groups excluding carboxylic acids is 1. The third-order valence-corrected chi connectivity index (χ3v) is 3.66. The highest BCUT2D eigenvalue weighted by Crippen LogP contribution is 2.35. The molecule has 0 aliphatic rings. The van der Waals surface area contributed by atoms with Crippen LogP contribution in [0.5, 0.6) is 11.5 Å². The summed E-state index contributed by atoms with van der Waals surface area (Å²) < 4.78 is 5.67. The fourth-order valence-corrected chi connectivity index (χ4v) is 2.42. The Morgan fingerprint density at radius 3 is 2.30 bits per heavy atom. The third kappa shape index (κ3) is 5.20. The molecule has 7 heteroatoms. The summed E-state index contributed by atoms with van der Waals surface area (Å²) in [7, 11) is 0. The van der Waals surface area contributed by atoms with Crippen LogP contribution in [0.1, 0.15) is 13.3 Å². The van der Waals surface area contributed by atoms with Gasteiger partial charge in [-0.2, -0.15) is 0 Å². The maximum atomic E-state index is 11.6. The van der Waals surface area contributed by atoms with Crippen molar-refractivity contribution in [3.8, 4) is 11.5 Å². The maximum Gasteiger partial charge on any atom is 0.319 e. The highest BCUT2D eigenvalue weighted by atomic mass is 35.5. The van der Waals surface area contributed by atoms with E-state index < -0.39 is 0 Å². The molecule has 2 aromatic carbocycles. The number of halogens is 3. The lowest BCUT2D eigenvalue weighted by Gasteiger charge is -2.11. The second-order valence-corrected chi connectivity index (χ2v) is 5.95. The van der Waals surface area contributed by atoms with E-state index in [2.05, 4.69) is 10.6 Å². The molecule has 0 atom stereocenters. The standard InChI is InChI=1S/C16H15Cl3N2O2/c1-2-7-20-16(22)21-11-4-6-15(13(19)9-11)23-14-5-3-10(17)8-12(14)18/h3-6,8-9H,2,7H2,1H3,(H2,20,21,22). The molecule has 0 aromatic heterocycles. The fraction of sp³-hybridized carbons (Fsp3) is 0.188. The van der Waals surface area contributed by atoms with Crippen molar-refractivity contribution in [3.05, 3.63) is 51.5 Å². The summed E-state index contributed by atoms with van der Waals surface area (Å²) in [4.78, 5) is 11.6. The predicted octanol–water partition coefficient (Wildman–Crippen LogP) is 5.97. The molecule has 2 rings (SSSR count). The molecule has 0 aliphatic heterocycles. The topological polar surface area (TPSA) is 50.4 Å². The molecule has 0 saturated carbocycles. The van der Waals surface area contributed by atoms with Crippen LogP contribution in [-0.2, 0) is 0 Å². The number of hydrogen-bond donors (Lipinski definition) is 2. The second-order valence-electron chi connectivity index (χ2n) is 4.70. The lowest BCUT2D eigenvalue weighted by molar-refractivity contribution is 0.252. The lowest BCUT2D eigenvalue weighted by Crippen LogP contribution is -2.29. The first-order valence-electron chi connectivity index (χ1n) is 6.97. The highest BCUT2D eigenvalue weighted by molar-refractivity contribution is 6.35. The van der Waals surface area contributed by atoms with Crippen LogP contribution >= 0.6 is 34.8 Å². The zero-order valence-electron chi connectivity index (χ0n) is 12.3. The van der Waals surface area contributed by atoms with Gasteiger partial charge in [0.05, 0.1) is 10.0 Å². The van der Waals surface area contributed by atoms with E-state index in [-0.39, 0.29) is 6.03 Å². The van der Waals surface area contributed by atoms with Crippen molar-refractivity contribution >= 4 is 46.5 Å². The number of nitrogens with one attached hydrogen (secondary N) is 2. The average molecular weight is 374 g/mol. The zero-order valence-corrected chi connectivity index (χ0v) is 14.6. The highest BCUT2D eigenvalue weighted by Gasteiger charge is 2.09. The molecule has 2 N–H and O–H groups in total. The summed E-state index contributed by atoms with van der Waals surface area (Å²) in [5.41, 5.74) is 0.568. The van der Waals surface area contributed by atoms with Crippen molar-refractivity contribution in [3.63, 3.8) is 0 Å². The van der Waals surface area contributed by atoms with Gasteiger partial charge in [0.2, 0.25) is 0 Å². The molecule has 0 saturated heterocycles. The van der Waals surface area contributed by atoms with Gasteiger partial charge in [-0.1, -0.05) is 41.7 Å². The van der Waals surface area contributed by atoms with E-state index >= 15 is 0 Å². The lowest BCUT2D eigenvalue weighted by atomic mass is 10.3. The molecule has 2 aromatic rings. The van der Waals surface area contributed by atoms with Gasteiger partial charge in [-0.25, -0.2) is 4.79 Å². The Bertz CT molecular complexity index is 708. The van der Waals surface area contributed by atoms with Crippen molar-refractivity contribution in [2.45, 2.75) is 13.3 Å². The minimum atomic E-state index is -0.280. The van der Waals surface area contributed by atoms with Crippen LogP contribution < -0.4 is 15.4 Å². The Kier molecular flexibility index (Phi) is 6.39. The van der Waals surface area contributed by atoms with Crippen LogP contribution in [0.25, 0.3) is 0 Å². The number of rotatable bonds is 5. The number of ether oxygens (including phenoxy) is 1. The summed E-state index contributed by atoms with van der Waals surface area (Å²) >= 11 is 18.1. The van der Waals surface area contributed by atoms with Crippen LogP contribution in [-0.4, -0.2) is 12.6 Å². The number of carbonyl (C=O) groups is 1. The van der Waals surface area contributed by atoms with Crippen molar-refractivity contribution in [1.29, 1.82) is 0 Å². The first kappa shape index (κ1) is 17.7. The van der Waals surface area contributed by atoms with Gasteiger partial charge < -0.3 is 15.4 Å². The van der Waals surface area contributed by atoms with Crippen LogP contribution in [0, 0.1) is 0 Å². The van der Waals surface area contributed by atoms with Gasteiger partial charge in [-0.3, -0.25) is 0 Å². The number of anilines is 1. The van der Waals surface area contributed by atoms with Gasteiger partial charge in [0.25, 0.3) is 0 Å². The average Bonchev–Trinajstić information content (AvgIpc) is 2.50.